The maximum Gasteiger partial charge on any atom is 0.224 e. The van der Waals surface area contributed by atoms with Crippen LogP contribution in [0.5, 0.6) is 0 Å². The summed E-state index contributed by atoms with van der Waals surface area (Å²) in [4.78, 5) is 16.5. The minimum Gasteiger partial charge on any atom is -0.376 e. The molecule has 0 spiro atoms. The first-order chi connectivity index (χ1) is 12.2. The van der Waals surface area contributed by atoms with Crippen LogP contribution >= 0.6 is 11.6 Å². The Hall–Kier alpha value is -1.79. The van der Waals surface area contributed by atoms with Gasteiger partial charge in [0.15, 0.2) is 5.96 Å². The number of halogens is 1. The molecule has 1 heterocycles. The molecule has 1 aromatic rings. The number of ether oxygens (including phenoxy) is 1. The molecule has 3 N–H and O–H groups in total. The van der Waals surface area contributed by atoms with Gasteiger partial charge in [-0.15, -0.1) is 0 Å². The predicted molar refractivity (Wildman–Crippen MR) is 102 cm³/mol. The highest BCUT2D eigenvalue weighted by Crippen LogP contribution is 2.13. The summed E-state index contributed by atoms with van der Waals surface area (Å²) in [6.07, 6.45) is 3.60. The molecule has 6 nitrogen and oxygen atoms in total. The van der Waals surface area contributed by atoms with Crippen molar-refractivity contribution in [3.63, 3.8) is 0 Å². The molecule has 1 aliphatic rings. The van der Waals surface area contributed by atoms with Gasteiger partial charge in [-0.2, -0.15) is 0 Å². The molecular formula is C18H27ClN4O2. The Morgan fingerprint density at radius 3 is 2.80 bits per heavy atom. The first-order valence-electron chi connectivity index (χ1n) is 8.86. The number of carbonyl (C=O) groups is 1. The molecule has 1 aliphatic heterocycles. The second kappa shape index (κ2) is 10.9. The van der Waals surface area contributed by atoms with Gasteiger partial charge in [-0.25, -0.2) is 0 Å². The number of amides is 1. The number of guanidine groups is 1. The highest BCUT2D eigenvalue weighted by Gasteiger charge is 2.14. The van der Waals surface area contributed by atoms with Gasteiger partial charge in [-0.3, -0.25) is 9.79 Å². The van der Waals surface area contributed by atoms with E-state index in [1.165, 1.54) is 0 Å². The fourth-order valence-corrected chi connectivity index (χ4v) is 2.66. The summed E-state index contributed by atoms with van der Waals surface area (Å²) in [7, 11) is 0. The van der Waals surface area contributed by atoms with Crippen molar-refractivity contribution >= 4 is 29.2 Å². The Morgan fingerprint density at radius 2 is 2.12 bits per heavy atom. The van der Waals surface area contributed by atoms with E-state index in [2.05, 4.69) is 20.9 Å². The quantitative estimate of drug-likeness (QED) is 0.375. The Morgan fingerprint density at radius 1 is 1.32 bits per heavy atom. The number of nitrogens with one attached hydrogen (secondary N) is 3. The van der Waals surface area contributed by atoms with E-state index in [0.717, 1.165) is 44.1 Å². The van der Waals surface area contributed by atoms with Gasteiger partial charge in [-0.1, -0.05) is 11.6 Å². The maximum atomic E-state index is 11.9. The Balaban J connectivity index is 1.65. The van der Waals surface area contributed by atoms with E-state index in [0.29, 0.717) is 24.5 Å². The van der Waals surface area contributed by atoms with Crippen molar-refractivity contribution < 1.29 is 9.53 Å². The van der Waals surface area contributed by atoms with Crippen LogP contribution in [0.4, 0.5) is 5.69 Å². The monoisotopic (exact) mass is 366 g/mol. The van der Waals surface area contributed by atoms with Crippen LogP contribution in [0.2, 0.25) is 5.02 Å². The fraction of sp³-hybridized carbons (Fsp3) is 0.556. The molecule has 1 aromatic carbocycles. The lowest BCUT2D eigenvalue weighted by Crippen LogP contribution is -2.38. The zero-order valence-electron chi connectivity index (χ0n) is 14.7. The van der Waals surface area contributed by atoms with E-state index >= 15 is 0 Å². The number of anilines is 1. The van der Waals surface area contributed by atoms with Gasteiger partial charge < -0.3 is 20.7 Å². The lowest BCUT2D eigenvalue weighted by molar-refractivity contribution is -0.116. The van der Waals surface area contributed by atoms with Crippen LogP contribution in [0.25, 0.3) is 0 Å². The topological polar surface area (TPSA) is 74.8 Å². The van der Waals surface area contributed by atoms with Gasteiger partial charge >= 0.3 is 0 Å². The Bertz CT molecular complexity index is 557. The first-order valence-corrected chi connectivity index (χ1v) is 9.24. The normalized spacial score (nSPS) is 17.4. The summed E-state index contributed by atoms with van der Waals surface area (Å²) in [5.41, 5.74) is 0.758. The number of hydrogen-bond acceptors (Lipinski definition) is 3. The molecular weight excluding hydrogens is 340 g/mol. The molecule has 0 bridgehead atoms. The van der Waals surface area contributed by atoms with Gasteiger partial charge in [0.2, 0.25) is 5.91 Å². The maximum absolute atomic E-state index is 11.9. The van der Waals surface area contributed by atoms with Crippen LogP contribution in [-0.4, -0.2) is 44.2 Å². The molecule has 1 fully saturated rings. The number of carbonyl (C=O) groups excluding carboxylic acids is 1. The molecule has 1 amide bonds. The van der Waals surface area contributed by atoms with Crippen LogP contribution in [0.3, 0.4) is 0 Å². The minimum absolute atomic E-state index is 0.00887. The van der Waals surface area contributed by atoms with Crippen molar-refractivity contribution in [3.8, 4) is 0 Å². The third-order valence-electron chi connectivity index (χ3n) is 3.82. The molecule has 1 unspecified atom stereocenters. The number of nitrogens with zero attached hydrogens (tertiary/aromatic N) is 1. The summed E-state index contributed by atoms with van der Waals surface area (Å²) in [6, 6.07) is 7.09. The number of rotatable bonds is 8. The van der Waals surface area contributed by atoms with E-state index in [1.807, 2.05) is 6.92 Å². The van der Waals surface area contributed by atoms with Gasteiger partial charge in [0.05, 0.1) is 12.6 Å². The molecule has 1 atom stereocenters. The molecule has 0 saturated carbocycles. The predicted octanol–water partition coefficient (Wildman–Crippen LogP) is 2.79. The average molecular weight is 367 g/mol. The summed E-state index contributed by atoms with van der Waals surface area (Å²) in [5.74, 6) is 0.765. The van der Waals surface area contributed by atoms with Crippen molar-refractivity contribution in [2.24, 2.45) is 4.99 Å². The molecule has 25 heavy (non-hydrogen) atoms. The molecule has 1 saturated heterocycles. The largest absolute Gasteiger partial charge is 0.376 e. The molecule has 2 rings (SSSR count). The zero-order valence-corrected chi connectivity index (χ0v) is 15.4. The van der Waals surface area contributed by atoms with E-state index in [1.54, 1.807) is 24.3 Å². The van der Waals surface area contributed by atoms with Crippen molar-refractivity contribution in [3.05, 3.63) is 29.3 Å². The highest BCUT2D eigenvalue weighted by atomic mass is 35.5. The van der Waals surface area contributed by atoms with Crippen LogP contribution in [0.15, 0.2) is 29.3 Å². The molecule has 0 aromatic heterocycles. The van der Waals surface area contributed by atoms with E-state index < -0.39 is 0 Å². The summed E-state index contributed by atoms with van der Waals surface area (Å²) < 4.78 is 5.58. The number of hydrogen-bond donors (Lipinski definition) is 3. The standard InChI is InChI=1S/C18H27ClN4O2/c1-2-20-18(22-13-16-5-4-12-25-16)21-11-3-6-17(24)23-15-9-7-14(19)8-10-15/h7-10,16H,2-6,11-13H2,1H3,(H,23,24)(H2,20,21,22). The third kappa shape index (κ3) is 7.75. The number of aliphatic imine (C=N–C) groups is 1. The van der Waals surface area contributed by atoms with Crippen molar-refractivity contribution in [1.82, 2.24) is 10.6 Å². The molecule has 0 radical (unpaired) electrons. The van der Waals surface area contributed by atoms with E-state index in [4.69, 9.17) is 16.3 Å². The van der Waals surface area contributed by atoms with Crippen LogP contribution in [-0.2, 0) is 9.53 Å². The first kappa shape index (κ1) is 19.5. The molecule has 7 heteroatoms. The number of benzene rings is 1. The van der Waals surface area contributed by atoms with Crippen LogP contribution in [0, 0.1) is 0 Å². The molecule has 138 valence electrons. The van der Waals surface area contributed by atoms with Crippen molar-refractivity contribution in [2.75, 3.05) is 31.6 Å². The van der Waals surface area contributed by atoms with Crippen LogP contribution < -0.4 is 16.0 Å². The van der Waals surface area contributed by atoms with Crippen molar-refractivity contribution in [1.29, 1.82) is 0 Å². The zero-order chi connectivity index (χ0) is 17.9. The highest BCUT2D eigenvalue weighted by molar-refractivity contribution is 6.30. The van der Waals surface area contributed by atoms with E-state index in [9.17, 15) is 4.79 Å². The van der Waals surface area contributed by atoms with E-state index in [-0.39, 0.29) is 12.0 Å². The van der Waals surface area contributed by atoms with Crippen molar-refractivity contribution in [2.45, 2.75) is 38.7 Å². The Labute approximate surface area is 154 Å². The summed E-state index contributed by atoms with van der Waals surface area (Å²) >= 11 is 5.83. The smallest absolute Gasteiger partial charge is 0.224 e. The molecule has 0 aliphatic carbocycles. The van der Waals surface area contributed by atoms with Crippen LogP contribution in [0.1, 0.15) is 32.6 Å². The van der Waals surface area contributed by atoms with Gasteiger partial charge in [0.1, 0.15) is 0 Å². The Kier molecular flexibility index (Phi) is 8.55. The SMILES string of the molecule is CCNC(=NCC1CCCO1)NCCCC(=O)Nc1ccc(Cl)cc1. The average Bonchev–Trinajstić information content (AvgIpc) is 3.12. The summed E-state index contributed by atoms with van der Waals surface area (Å²) in [5, 5.41) is 9.98. The lowest BCUT2D eigenvalue weighted by atomic mass is 10.2. The second-order valence-corrected chi connectivity index (χ2v) is 6.38. The fourth-order valence-electron chi connectivity index (χ4n) is 2.54. The van der Waals surface area contributed by atoms with Gasteiger partial charge in [0.25, 0.3) is 0 Å². The van der Waals surface area contributed by atoms with Gasteiger partial charge in [0, 0.05) is 36.8 Å². The minimum atomic E-state index is -0.00887. The second-order valence-electron chi connectivity index (χ2n) is 5.94. The van der Waals surface area contributed by atoms with Gasteiger partial charge in [-0.05, 0) is 50.5 Å². The summed E-state index contributed by atoms with van der Waals surface area (Å²) in [6.45, 7) is 5.03. The lowest BCUT2D eigenvalue weighted by Gasteiger charge is -2.13. The third-order valence-corrected chi connectivity index (χ3v) is 4.07.